The van der Waals surface area contributed by atoms with Gasteiger partial charge in [0.1, 0.15) is 0 Å². The third-order valence-electron chi connectivity index (χ3n) is 4.59. The number of aryl methyl sites for hydroxylation is 1. The summed E-state index contributed by atoms with van der Waals surface area (Å²) in [6, 6.07) is 21.2. The zero-order valence-corrected chi connectivity index (χ0v) is 18.2. The zero-order valence-electron chi connectivity index (χ0n) is 15.6. The van der Waals surface area contributed by atoms with Crippen molar-refractivity contribution in [2.75, 3.05) is 0 Å². The zero-order chi connectivity index (χ0) is 18.8. The van der Waals surface area contributed by atoms with E-state index < -0.39 is 8.32 Å². The number of hydrogen-bond acceptors (Lipinski definition) is 3. The first-order valence-electron chi connectivity index (χ1n) is 8.65. The van der Waals surface area contributed by atoms with E-state index in [1.807, 2.05) is 19.2 Å². The van der Waals surface area contributed by atoms with E-state index in [0.717, 1.165) is 0 Å². The van der Waals surface area contributed by atoms with Crippen molar-refractivity contribution in [3.63, 3.8) is 0 Å². The second kappa shape index (κ2) is 7.46. The minimum Gasteiger partial charge on any atom is -0.400 e. The van der Waals surface area contributed by atoms with E-state index in [1.54, 1.807) is 4.68 Å². The highest BCUT2D eigenvalue weighted by atomic mass is 79.9. The number of rotatable bonds is 5. The molecule has 0 bridgehead atoms. The fourth-order valence-electron chi connectivity index (χ4n) is 3.41. The highest BCUT2D eigenvalue weighted by Crippen LogP contribution is 2.37. The molecule has 136 valence electrons. The molecule has 0 spiro atoms. The molecule has 3 rings (SSSR count). The highest BCUT2D eigenvalue weighted by Gasteiger charge is 2.50. The summed E-state index contributed by atoms with van der Waals surface area (Å²) in [7, 11) is -0.680. The summed E-state index contributed by atoms with van der Waals surface area (Å²) in [5, 5.41) is 6.90. The second-order valence-electron chi connectivity index (χ2n) is 7.37. The minimum atomic E-state index is -2.54. The van der Waals surface area contributed by atoms with E-state index in [4.69, 9.17) is 4.43 Å². The summed E-state index contributed by atoms with van der Waals surface area (Å²) in [5.41, 5.74) is 0. The Kier molecular flexibility index (Phi) is 5.46. The maximum atomic E-state index is 6.80. The highest BCUT2D eigenvalue weighted by molar-refractivity contribution is 9.10. The van der Waals surface area contributed by atoms with Crippen LogP contribution in [0.2, 0.25) is 5.04 Å². The van der Waals surface area contributed by atoms with Crippen LogP contribution in [0.4, 0.5) is 0 Å². The second-order valence-corrected chi connectivity index (χ2v) is 12.4. The van der Waals surface area contributed by atoms with E-state index in [1.165, 1.54) is 10.4 Å². The lowest BCUT2D eigenvalue weighted by molar-refractivity contribution is 0.276. The predicted molar refractivity (Wildman–Crippen MR) is 111 cm³/mol. The average molecular weight is 430 g/mol. The molecule has 0 aliphatic rings. The topological polar surface area (TPSA) is 39.9 Å². The molecule has 3 aromatic rings. The Morgan fingerprint density at radius 2 is 1.46 bits per heavy atom. The van der Waals surface area contributed by atoms with Crippen molar-refractivity contribution < 1.29 is 4.43 Å². The van der Waals surface area contributed by atoms with E-state index in [9.17, 15) is 0 Å². The number of aromatic nitrogens is 3. The molecule has 0 saturated carbocycles. The molecule has 0 amide bonds. The van der Waals surface area contributed by atoms with Crippen molar-refractivity contribution in [2.24, 2.45) is 7.05 Å². The fourth-order valence-corrected chi connectivity index (χ4v) is 8.20. The molecule has 1 heterocycles. The first-order valence-corrected chi connectivity index (χ1v) is 11.3. The molecule has 0 unspecified atom stereocenters. The van der Waals surface area contributed by atoms with Crippen LogP contribution in [0.3, 0.4) is 0 Å². The molecule has 0 radical (unpaired) electrons. The van der Waals surface area contributed by atoms with Crippen molar-refractivity contribution in [3.05, 3.63) is 71.2 Å². The van der Waals surface area contributed by atoms with Gasteiger partial charge in [0.15, 0.2) is 10.6 Å². The van der Waals surface area contributed by atoms with Crippen molar-refractivity contribution >= 4 is 34.6 Å². The third-order valence-corrected chi connectivity index (χ3v) is 10.3. The Hall–Kier alpha value is -1.76. The van der Waals surface area contributed by atoms with E-state index in [-0.39, 0.29) is 5.04 Å². The minimum absolute atomic E-state index is 0.0539. The molecular formula is C20H24BrN3OSi. The van der Waals surface area contributed by atoms with E-state index in [0.29, 0.717) is 17.2 Å². The predicted octanol–water partition coefficient (Wildman–Crippen LogP) is 3.65. The molecule has 0 aliphatic heterocycles. The van der Waals surface area contributed by atoms with Crippen molar-refractivity contribution in [3.8, 4) is 0 Å². The molecule has 4 nitrogen and oxygen atoms in total. The molecule has 0 fully saturated rings. The molecule has 0 atom stereocenters. The lowest BCUT2D eigenvalue weighted by Gasteiger charge is -2.42. The number of halogens is 1. The fraction of sp³-hybridized carbons (Fsp3) is 0.300. The molecule has 26 heavy (non-hydrogen) atoms. The summed E-state index contributed by atoms with van der Waals surface area (Å²) in [6.07, 6.45) is 0. The summed E-state index contributed by atoms with van der Waals surface area (Å²) in [6.45, 7) is 7.18. The maximum absolute atomic E-state index is 6.80. The van der Waals surface area contributed by atoms with Gasteiger partial charge in [-0.2, -0.15) is 5.10 Å². The maximum Gasteiger partial charge on any atom is 0.261 e. The SMILES string of the molecule is Cn1nc(CO[Si](c2ccccc2)(c2ccccc2)C(C)(C)C)nc1Br. The molecule has 6 heteroatoms. The van der Waals surface area contributed by atoms with Crippen molar-refractivity contribution in [1.82, 2.24) is 14.8 Å². The van der Waals surface area contributed by atoms with Crippen molar-refractivity contribution in [2.45, 2.75) is 32.4 Å². The van der Waals surface area contributed by atoms with Gasteiger partial charge >= 0.3 is 0 Å². The van der Waals surface area contributed by atoms with Crippen LogP contribution < -0.4 is 10.4 Å². The molecule has 0 saturated heterocycles. The van der Waals surface area contributed by atoms with Crippen LogP contribution in [-0.2, 0) is 18.1 Å². The average Bonchev–Trinajstić information content (AvgIpc) is 2.94. The lowest BCUT2D eigenvalue weighted by atomic mass is 10.2. The van der Waals surface area contributed by atoms with E-state index in [2.05, 4.69) is 95.3 Å². The Morgan fingerprint density at radius 3 is 1.85 bits per heavy atom. The van der Waals surface area contributed by atoms with Gasteiger partial charge in [0.05, 0.1) is 6.61 Å². The van der Waals surface area contributed by atoms with Gasteiger partial charge in [-0.25, -0.2) is 9.67 Å². The number of hydrogen-bond donors (Lipinski definition) is 0. The van der Waals surface area contributed by atoms with Crippen LogP contribution in [0, 0.1) is 0 Å². The first kappa shape index (κ1) is 19.0. The molecular weight excluding hydrogens is 406 g/mol. The summed E-state index contributed by atoms with van der Waals surface area (Å²) in [5.74, 6) is 0.687. The van der Waals surface area contributed by atoms with Gasteiger partial charge in [-0.15, -0.1) is 0 Å². The standard InChI is InChI=1S/C20H24BrN3OSi/c1-20(2,3)26(16-11-7-5-8-12-16,17-13-9-6-10-14-17)25-15-18-22-19(21)24(4)23-18/h5-14H,15H2,1-4H3. The van der Waals surface area contributed by atoms with Gasteiger partial charge in [0.2, 0.25) is 0 Å². The van der Waals surface area contributed by atoms with Crippen LogP contribution in [0.15, 0.2) is 65.4 Å². The normalized spacial score (nSPS) is 12.3. The van der Waals surface area contributed by atoms with Crippen LogP contribution >= 0.6 is 15.9 Å². The van der Waals surface area contributed by atoms with Gasteiger partial charge < -0.3 is 4.43 Å². The molecule has 0 aliphatic carbocycles. The Bertz CT molecular complexity index is 801. The van der Waals surface area contributed by atoms with Gasteiger partial charge in [-0.3, -0.25) is 0 Å². The monoisotopic (exact) mass is 429 g/mol. The van der Waals surface area contributed by atoms with Crippen LogP contribution in [0.25, 0.3) is 0 Å². The Balaban J connectivity index is 2.11. The van der Waals surface area contributed by atoms with Gasteiger partial charge in [0, 0.05) is 7.05 Å². The first-order chi connectivity index (χ1) is 12.3. The summed E-state index contributed by atoms with van der Waals surface area (Å²) in [4.78, 5) is 4.45. The Labute approximate surface area is 164 Å². The van der Waals surface area contributed by atoms with Crippen LogP contribution in [-0.4, -0.2) is 23.1 Å². The Morgan fingerprint density at radius 1 is 0.962 bits per heavy atom. The van der Waals surface area contributed by atoms with E-state index >= 15 is 0 Å². The van der Waals surface area contributed by atoms with Gasteiger partial charge in [0.25, 0.3) is 8.32 Å². The van der Waals surface area contributed by atoms with Gasteiger partial charge in [-0.1, -0.05) is 81.4 Å². The van der Waals surface area contributed by atoms with Crippen LogP contribution in [0.5, 0.6) is 0 Å². The van der Waals surface area contributed by atoms with Crippen LogP contribution in [0.1, 0.15) is 26.6 Å². The lowest BCUT2D eigenvalue weighted by Crippen LogP contribution is -2.66. The smallest absolute Gasteiger partial charge is 0.261 e. The molecule has 2 aromatic carbocycles. The van der Waals surface area contributed by atoms with Gasteiger partial charge in [-0.05, 0) is 31.3 Å². The summed E-state index contributed by atoms with van der Waals surface area (Å²) >= 11 is 3.41. The summed E-state index contributed by atoms with van der Waals surface area (Å²) < 4.78 is 9.22. The number of nitrogens with zero attached hydrogens (tertiary/aromatic N) is 3. The largest absolute Gasteiger partial charge is 0.400 e. The molecule has 1 aromatic heterocycles. The quantitative estimate of drug-likeness (QED) is 0.580. The molecule has 0 N–H and O–H groups in total. The van der Waals surface area contributed by atoms with Crippen molar-refractivity contribution in [1.29, 1.82) is 0 Å². The number of benzene rings is 2. The third kappa shape index (κ3) is 3.54.